The topological polar surface area (TPSA) is 60.1 Å². The smallest absolute Gasteiger partial charge is 0.227 e. The zero-order valence-corrected chi connectivity index (χ0v) is 15.4. The summed E-state index contributed by atoms with van der Waals surface area (Å²) in [4.78, 5) is 17.0. The Hall–Kier alpha value is -2.56. The Kier molecular flexibility index (Phi) is 4.53. The Morgan fingerprint density at radius 1 is 1.31 bits per heavy atom. The van der Waals surface area contributed by atoms with Crippen LogP contribution in [0.4, 0.5) is 5.95 Å². The number of amides is 1. The van der Waals surface area contributed by atoms with Crippen molar-refractivity contribution in [2.45, 2.75) is 52.0 Å². The van der Waals surface area contributed by atoms with E-state index in [1.165, 1.54) is 6.42 Å². The van der Waals surface area contributed by atoms with Crippen molar-refractivity contribution >= 4 is 22.9 Å². The lowest BCUT2D eigenvalue weighted by Gasteiger charge is -2.08. The molecule has 0 bridgehead atoms. The van der Waals surface area contributed by atoms with Gasteiger partial charge in [-0.15, -0.1) is 0 Å². The number of carbonyl (C=O) groups excluding carboxylic acids is 1. The number of imidazole rings is 1. The van der Waals surface area contributed by atoms with Crippen molar-refractivity contribution in [2.24, 2.45) is 5.92 Å². The van der Waals surface area contributed by atoms with Gasteiger partial charge in [0.1, 0.15) is 11.5 Å². The van der Waals surface area contributed by atoms with Crippen LogP contribution in [0.15, 0.2) is 40.8 Å². The Morgan fingerprint density at radius 2 is 2.12 bits per heavy atom. The molecule has 1 N–H and O–H groups in total. The molecule has 0 spiro atoms. The number of aromatic nitrogens is 2. The summed E-state index contributed by atoms with van der Waals surface area (Å²) >= 11 is 0. The monoisotopic (exact) mass is 351 g/mol. The van der Waals surface area contributed by atoms with Gasteiger partial charge in [0.05, 0.1) is 11.0 Å². The maximum atomic E-state index is 12.4. The summed E-state index contributed by atoms with van der Waals surface area (Å²) in [5.74, 6) is 3.85. The van der Waals surface area contributed by atoms with E-state index in [0.717, 1.165) is 41.4 Å². The van der Waals surface area contributed by atoms with Crippen LogP contribution in [0, 0.1) is 5.92 Å². The number of hydrogen-bond donors (Lipinski definition) is 1. The summed E-state index contributed by atoms with van der Waals surface area (Å²) < 4.78 is 7.96. The van der Waals surface area contributed by atoms with Crippen LogP contribution >= 0.6 is 0 Å². The van der Waals surface area contributed by atoms with E-state index in [1.807, 2.05) is 30.3 Å². The minimum atomic E-state index is -0.0320. The molecule has 0 aliphatic heterocycles. The molecule has 4 rings (SSSR count). The van der Waals surface area contributed by atoms with Gasteiger partial charge >= 0.3 is 0 Å². The molecule has 136 valence electrons. The first-order valence-electron chi connectivity index (χ1n) is 9.49. The normalized spacial score (nSPS) is 19.0. The number of anilines is 1. The summed E-state index contributed by atoms with van der Waals surface area (Å²) in [6, 6.07) is 12.0. The van der Waals surface area contributed by atoms with E-state index in [0.29, 0.717) is 24.7 Å². The van der Waals surface area contributed by atoms with Crippen molar-refractivity contribution in [1.82, 2.24) is 9.55 Å². The number of para-hydroxylation sites is 2. The van der Waals surface area contributed by atoms with Crippen molar-refractivity contribution in [3.8, 4) is 0 Å². The van der Waals surface area contributed by atoms with E-state index < -0.39 is 0 Å². The van der Waals surface area contributed by atoms with Crippen LogP contribution in [0.2, 0.25) is 0 Å². The lowest BCUT2D eigenvalue weighted by molar-refractivity contribution is -0.116. The fraction of sp³-hybridized carbons (Fsp3) is 0.429. The molecule has 1 saturated carbocycles. The number of rotatable bonds is 7. The summed E-state index contributed by atoms with van der Waals surface area (Å²) in [6.07, 6.45) is 3.20. The van der Waals surface area contributed by atoms with E-state index >= 15 is 0 Å². The van der Waals surface area contributed by atoms with Gasteiger partial charge in [-0.25, -0.2) is 4.98 Å². The summed E-state index contributed by atoms with van der Waals surface area (Å²) in [5, 5.41) is 2.98. The molecule has 1 aromatic carbocycles. The third-order valence-corrected chi connectivity index (χ3v) is 5.11. The highest BCUT2D eigenvalue weighted by atomic mass is 16.3. The van der Waals surface area contributed by atoms with Gasteiger partial charge in [0.15, 0.2) is 0 Å². The number of aryl methyl sites for hydroxylation is 2. The van der Waals surface area contributed by atoms with E-state index in [2.05, 4.69) is 34.8 Å². The van der Waals surface area contributed by atoms with Crippen LogP contribution in [0.5, 0.6) is 0 Å². The highest BCUT2D eigenvalue weighted by Gasteiger charge is 2.36. The zero-order valence-electron chi connectivity index (χ0n) is 15.4. The van der Waals surface area contributed by atoms with Crippen molar-refractivity contribution < 1.29 is 9.21 Å². The number of hydrogen-bond acceptors (Lipinski definition) is 3. The second-order valence-electron chi connectivity index (χ2n) is 7.25. The highest BCUT2D eigenvalue weighted by molar-refractivity contribution is 5.91. The third kappa shape index (κ3) is 3.39. The number of furan rings is 1. The predicted octanol–water partition coefficient (Wildman–Crippen LogP) is 4.73. The van der Waals surface area contributed by atoms with Crippen LogP contribution in [0.3, 0.4) is 0 Å². The Bertz CT molecular complexity index is 924. The number of benzene rings is 1. The van der Waals surface area contributed by atoms with Gasteiger partial charge in [-0.3, -0.25) is 10.1 Å². The fourth-order valence-corrected chi connectivity index (χ4v) is 3.49. The predicted molar refractivity (Wildman–Crippen MR) is 102 cm³/mol. The molecule has 5 heteroatoms. The first kappa shape index (κ1) is 16.9. The minimum absolute atomic E-state index is 0.0320. The summed E-state index contributed by atoms with van der Waals surface area (Å²) in [5.41, 5.74) is 1.96. The zero-order chi connectivity index (χ0) is 18.1. The van der Waals surface area contributed by atoms with E-state index in [9.17, 15) is 4.79 Å². The summed E-state index contributed by atoms with van der Waals surface area (Å²) in [6.45, 7) is 5.19. The van der Waals surface area contributed by atoms with Crippen LogP contribution in [-0.4, -0.2) is 15.5 Å². The largest absolute Gasteiger partial charge is 0.466 e. The summed E-state index contributed by atoms with van der Waals surface area (Å²) in [7, 11) is 0. The Morgan fingerprint density at radius 3 is 2.88 bits per heavy atom. The number of nitrogens with zero attached hydrogens (tertiary/aromatic N) is 2. The molecule has 0 saturated heterocycles. The fourth-order valence-electron chi connectivity index (χ4n) is 3.49. The Labute approximate surface area is 153 Å². The maximum Gasteiger partial charge on any atom is 0.227 e. The van der Waals surface area contributed by atoms with Gasteiger partial charge in [0.25, 0.3) is 0 Å². The molecule has 0 radical (unpaired) electrons. The van der Waals surface area contributed by atoms with E-state index in [4.69, 9.17) is 4.42 Å². The molecule has 26 heavy (non-hydrogen) atoms. The first-order chi connectivity index (χ1) is 12.7. The highest BCUT2D eigenvalue weighted by Crippen LogP contribution is 2.47. The standard InChI is InChI=1S/C21H25N3O2/c1-3-12-24-18-7-5-4-6-17(18)22-21(24)23-20(25)11-9-15-8-10-19(26-15)16-13-14(16)2/h4-8,10,14,16H,3,9,11-13H2,1-2H3,(H,22,23,25)/t14-,16+/m0/s1. The number of fused-ring (bicyclic) bond motifs is 1. The molecule has 2 aromatic heterocycles. The van der Waals surface area contributed by atoms with Crippen LogP contribution in [-0.2, 0) is 17.8 Å². The molecular weight excluding hydrogens is 326 g/mol. The SMILES string of the molecule is CCCn1c(NC(=O)CCc2ccc([C@@H]3C[C@@H]3C)o2)nc2ccccc21. The molecule has 2 atom stereocenters. The molecule has 1 aliphatic rings. The second-order valence-corrected chi connectivity index (χ2v) is 7.25. The van der Waals surface area contributed by atoms with Crippen molar-refractivity contribution in [3.05, 3.63) is 47.9 Å². The van der Waals surface area contributed by atoms with Crippen LogP contribution in [0.1, 0.15) is 50.5 Å². The molecule has 1 amide bonds. The first-order valence-corrected chi connectivity index (χ1v) is 9.49. The molecule has 1 fully saturated rings. The van der Waals surface area contributed by atoms with Crippen LogP contribution < -0.4 is 5.32 Å². The number of carbonyl (C=O) groups is 1. The minimum Gasteiger partial charge on any atom is -0.466 e. The molecule has 3 aromatic rings. The quantitative estimate of drug-likeness (QED) is 0.669. The molecule has 1 aliphatic carbocycles. The van der Waals surface area contributed by atoms with Crippen molar-refractivity contribution in [3.63, 3.8) is 0 Å². The Balaban J connectivity index is 1.41. The molecular formula is C21H25N3O2. The van der Waals surface area contributed by atoms with Crippen molar-refractivity contribution in [1.29, 1.82) is 0 Å². The van der Waals surface area contributed by atoms with Gasteiger partial charge in [0.2, 0.25) is 11.9 Å². The molecule has 0 unspecified atom stereocenters. The van der Waals surface area contributed by atoms with Gasteiger partial charge in [-0.05, 0) is 43.0 Å². The van der Waals surface area contributed by atoms with Gasteiger partial charge in [-0.2, -0.15) is 0 Å². The second kappa shape index (κ2) is 6.98. The van der Waals surface area contributed by atoms with E-state index in [1.54, 1.807) is 0 Å². The van der Waals surface area contributed by atoms with Crippen molar-refractivity contribution in [2.75, 3.05) is 5.32 Å². The van der Waals surface area contributed by atoms with E-state index in [-0.39, 0.29) is 5.91 Å². The third-order valence-electron chi connectivity index (χ3n) is 5.11. The van der Waals surface area contributed by atoms with Gasteiger partial charge < -0.3 is 8.98 Å². The average Bonchev–Trinajstić information content (AvgIpc) is 3.06. The number of nitrogens with one attached hydrogen (secondary N) is 1. The van der Waals surface area contributed by atoms with Gasteiger partial charge in [0, 0.05) is 25.3 Å². The lowest BCUT2D eigenvalue weighted by atomic mass is 10.2. The maximum absolute atomic E-state index is 12.4. The van der Waals surface area contributed by atoms with Gasteiger partial charge in [-0.1, -0.05) is 26.0 Å². The molecule has 2 heterocycles. The average molecular weight is 351 g/mol. The van der Waals surface area contributed by atoms with Crippen LogP contribution in [0.25, 0.3) is 11.0 Å². The lowest BCUT2D eigenvalue weighted by Crippen LogP contribution is -2.16. The molecule has 5 nitrogen and oxygen atoms in total.